The van der Waals surface area contributed by atoms with Crippen molar-refractivity contribution < 1.29 is 9.59 Å². The summed E-state index contributed by atoms with van der Waals surface area (Å²) in [5.74, 6) is -0.567. The van der Waals surface area contributed by atoms with Gasteiger partial charge in [-0.3, -0.25) is 20.4 Å². The first-order valence-corrected chi connectivity index (χ1v) is 8.24. The number of aryl methyl sites for hydroxylation is 2. The van der Waals surface area contributed by atoms with Gasteiger partial charge in [0.15, 0.2) is 0 Å². The van der Waals surface area contributed by atoms with Gasteiger partial charge in [0.25, 0.3) is 11.8 Å². The Kier molecular flexibility index (Phi) is 5.82. The Morgan fingerprint density at radius 2 is 1.70 bits per heavy atom. The molecule has 5 heteroatoms. The minimum absolute atomic E-state index is 0.236. The standard InChI is InChI=1S/C18H20N2O2S/c1-12-9-10-13(2)16(11-12)23-14(3)17(21)19-20-18(22)15-7-5-4-6-8-15/h4-11,14H,1-3H3,(H,19,21)(H,20,22)/t14-/m1/s1. The van der Waals surface area contributed by atoms with E-state index in [1.165, 1.54) is 11.8 Å². The Balaban J connectivity index is 1.90. The molecule has 4 nitrogen and oxygen atoms in total. The highest BCUT2D eigenvalue weighted by molar-refractivity contribution is 8.00. The quantitative estimate of drug-likeness (QED) is 0.669. The molecule has 0 aromatic heterocycles. The van der Waals surface area contributed by atoms with Gasteiger partial charge in [0.2, 0.25) is 0 Å². The molecule has 2 aromatic carbocycles. The Bertz CT molecular complexity index is 701. The molecule has 1 atom stereocenters. The lowest BCUT2D eigenvalue weighted by atomic mass is 10.2. The van der Waals surface area contributed by atoms with Crippen molar-refractivity contribution in [3.8, 4) is 0 Å². The van der Waals surface area contributed by atoms with Crippen molar-refractivity contribution in [2.45, 2.75) is 30.9 Å². The fraction of sp³-hybridized carbons (Fsp3) is 0.222. The lowest BCUT2D eigenvalue weighted by molar-refractivity contribution is -0.121. The second-order valence-electron chi connectivity index (χ2n) is 5.34. The number of nitrogens with one attached hydrogen (secondary N) is 2. The molecule has 0 heterocycles. The van der Waals surface area contributed by atoms with E-state index in [0.717, 1.165) is 16.0 Å². The molecule has 23 heavy (non-hydrogen) atoms. The van der Waals surface area contributed by atoms with Crippen LogP contribution in [0.2, 0.25) is 0 Å². The fourth-order valence-electron chi connectivity index (χ4n) is 1.96. The number of hydrogen-bond donors (Lipinski definition) is 2. The molecule has 0 fully saturated rings. The number of benzene rings is 2. The Labute approximate surface area is 140 Å². The average Bonchev–Trinajstić information content (AvgIpc) is 2.56. The van der Waals surface area contributed by atoms with Crippen LogP contribution in [0.1, 0.15) is 28.4 Å². The Morgan fingerprint density at radius 3 is 2.39 bits per heavy atom. The SMILES string of the molecule is Cc1ccc(C)c(S[C@H](C)C(=O)NNC(=O)c2ccccc2)c1. The molecule has 0 bridgehead atoms. The molecule has 2 aromatic rings. The van der Waals surface area contributed by atoms with E-state index in [-0.39, 0.29) is 17.1 Å². The van der Waals surface area contributed by atoms with E-state index in [4.69, 9.17) is 0 Å². The number of rotatable bonds is 4. The predicted octanol–water partition coefficient (Wildman–Crippen LogP) is 3.25. The first-order valence-electron chi connectivity index (χ1n) is 7.36. The summed E-state index contributed by atoms with van der Waals surface area (Å²) in [7, 11) is 0. The van der Waals surface area contributed by atoms with Crippen LogP contribution in [-0.2, 0) is 4.79 Å². The monoisotopic (exact) mass is 328 g/mol. The minimum atomic E-state index is -0.331. The summed E-state index contributed by atoms with van der Waals surface area (Å²) in [6, 6.07) is 14.9. The lowest BCUT2D eigenvalue weighted by Crippen LogP contribution is -2.44. The third-order valence-corrected chi connectivity index (χ3v) is 4.61. The summed E-state index contributed by atoms with van der Waals surface area (Å²) in [4.78, 5) is 25.1. The number of carbonyl (C=O) groups excluding carboxylic acids is 2. The second kappa shape index (κ2) is 7.83. The molecule has 0 saturated heterocycles. The van der Waals surface area contributed by atoms with Crippen LogP contribution >= 0.6 is 11.8 Å². The van der Waals surface area contributed by atoms with Crippen molar-refractivity contribution in [1.82, 2.24) is 10.9 Å². The lowest BCUT2D eigenvalue weighted by Gasteiger charge is -2.14. The van der Waals surface area contributed by atoms with Crippen molar-refractivity contribution >= 4 is 23.6 Å². The average molecular weight is 328 g/mol. The van der Waals surface area contributed by atoms with Gasteiger partial charge >= 0.3 is 0 Å². The van der Waals surface area contributed by atoms with Crippen molar-refractivity contribution in [2.75, 3.05) is 0 Å². The van der Waals surface area contributed by atoms with Crippen molar-refractivity contribution in [1.29, 1.82) is 0 Å². The maximum absolute atomic E-state index is 12.1. The van der Waals surface area contributed by atoms with Gasteiger partial charge in [0.05, 0.1) is 5.25 Å². The third-order valence-electron chi connectivity index (χ3n) is 3.35. The van der Waals surface area contributed by atoms with Gasteiger partial charge in [0, 0.05) is 10.5 Å². The number of thioether (sulfide) groups is 1. The van der Waals surface area contributed by atoms with Crippen LogP contribution < -0.4 is 10.9 Å². The predicted molar refractivity (Wildman–Crippen MR) is 93.3 cm³/mol. The first kappa shape index (κ1) is 17.1. The van der Waals surface area contributed by atoms with Gasteiger partial charge in [-0.25, -0.2) is 0 Å². The topological polar surface area (TPSA) is 58.2 Å². The smallest absolute Gasteiger partial charge is 0.269 e. The van der Waals surface area contributed by atoms with E-state index in [2.05, 4.69) is 16.9 Å². The van der Waals surface area contributed by atoms with E-state index in [9.17, 15) is 9.59 Å². The molecule has 0 unspecified atom stereocenters. The van der Waals surface area contributed by atoms with E-state index in [1.54, 1.807) is 24.3 Å². The summed E-state index contributed by atoms with van der Waals surface area (Å²) in [6.45, 7) is 5.86. The molecular weight excluding hydrogens is 308 g/mol. The Hall–Kier alpha value is -2.27. The van der Waals surface area contributed by atoms with Gasteiger partial charge in [-0.05, 0) is 44.5 Å². The molecule has 120 valence electrons. The summed E-state index contributed by atoms with van der Waals surface area (Å²) in [5, 5.41) is -0.313. The van der Waals surface area contributed by atoms with Crippen molar-refractivity contribution in [2.24, 2.45) is 0 Å². The van der Waals surface area contributed by atoms with E-state index < -0.39 is 0 Å². The number of amides is 2. The molecule has 0 aliphatic heterocycles. The molecule has 0 spiro atoms. The largest absolute Gasteiger partial charge is 0.272 e. The van der Waals surface area contributed by atoms with Gasteiger partial charge < -0.3 is 0 Å². The highest BCUT2D eigenvalue weighted by atomic mass is 32.2. The highest BCUT2D eigenvalue weighted by Crippen LogP contribution is 2.27. The second-order valence-corrected chi connectivity index (χ2v) is 6.72. The van der Waals surface area contributed by atoms with Crippen LogP contribution in [0, 0.1) is 13.8 Å². The van der Waals surface area contributed by atoms with E-state index in [0.29, 0.717) is 5.56 Å². The molecule has 2 rings (SSSR count). The highest BCUT2D eigenvalue weighted by Gasteiger charge is 2.16. The van der Waals surface area contributed by atoms with Crippen LogP contribution in [0.15, 0.2) is 53.4 Å². The summed E-state index contributed by atoms with van der Waals surface area (Å²) in [5.41, 5.74) is 7.71. The zero-order valence-corrected chi connectivity index (χ0v) is 14.2. The van der Waals surface area contributed by atoms with Crippen LogP contribution in [0.25, 0.3) is 0 Å². The minimum Gasteiger partial charge on any atom is -0.272 e. The zero-order valence-electron chi connectivity index (χ0n) is 13.4. The van der Waals surface area contributed by atoms with Crippen molar-refractivity contribution in [3.05, 3.63) is 65.2 Å². The summed E-state index contributed by atoms with van der Waals surface area (Å²) in [6.07, 6.45) is 0. The molecular formula is C18H20N2O2S. The van der Waals surface area contributed by atoms with Crippen LogP contribution in [0.3, 0.4) is 0 Å². The van der Waals surface area contributed by atoms with E-state index in [1.807, 2.05) is 39.0 Å². The zero-order chi connectivity index (χ0) is 16.8. The van der Waals surface area contributed by atoms with Gasteiger partial charge in [-0.15, -0.1) is 11.8 Å². The van der Waals surface area contributed by atoms with Crippen LogP contribution in [0.4, 0.5) is 0 Å². The van der Waals surface area contributed by atoms with Crippen LogP contribution in [-0.4, -0.2) is 17.1 Å². The third kappa shape index (κ3) is 4.86. The molecule has 2 amide bonds. The Morgan fingerprint density at radius 1 is 1.00 bits per heavy atom. The summed E-state index contributed by atoms with van der Waals surface area (Å²) >= 11 is 1.48. The van der Waals surface area contributed by atoms with Gasteiger partial charge in [-0.2, -0.15) is 0 Å². The maximum Gasteiger partial charge on any atom is 0.269 e. The van der Waals surface area contributed by atoms with Crippen molar-refractivity contribution in [3.63, 3.8) is 0 Å². The van der Waals surface area contributed by atoms with E-state index >= 15 is 0 Å². The maximum atomic E-state index is 12.1. The number of hydrazine groups is 1. The summed E-state index contributed by atoms with van der Waals surface area (Å²) < 4.78 is 0. The van der Waals surface area contributed by atoms with Crippen LogP contribution in [0.5, 0.6) is 0 Å². The molecule has 0 radical (unpaired) electrons. The molecule has 0 aliphatic carbocycles. The first-order chi connectivity index (χ1) is 11.0. The van der Waals surface area contributed by atoms with Gasteiger partial charge in [0.1, 0.15) is 0 Å². The van der Waals surface area contributed by atoms with Gasteiger partial charge in [-0.1, -0.05) is 35.9 Å². The normalized spacial score (nSPS) is 11.6. The molecule has 0 aliphatic rings. The molecule has 0 saturated carbocycles. The number of carbonyl (C=O) groups is 2. The fourth-order valence-corrected chi connectivity index (χ4v) is 3.01. The number of hydrogen-bond acceptors (Lipinski definition) is 3. The molecule has 2 N–H and O–H groups in total.